The van der Waals surface area contributed by atoms with Crippen LogP contribution in [0.1, 0.15) is 60.4 Å². The zero-order chi connectivity index (χ0) is 22.0. The monoisotopic (exact) mass is 411 g/mol. The number of Topliss-reactive ketones (excluding diaryl/α,β-unsaturated/α-hetero) is 1. The Bertz CT molecular complexity index is 1000. The summed E-state index contributed by atoms with van der Waals surface area (Å²) in [6.45, 7) is 8.02. The van der Waals surface area contributed by atoms with E-state index in [4.69, 9.17) is 9.15 Å². The molecular weight excluding hydrogens is 382 g/mol. The van der Waals surface area contributed by atoms with E-state index in [0.29, 0.717) is 29.4 Å². The number of carbonyl (C=O) groups excluding carboxylic acids is 2. The molecule has 6 nitrogen and oxygen atoms in total. The number of rotatable bonds is 7. The van der Waals surface area contributed by atoms with Crippen LogP contribution in [-0.4, -0.2) is 35.4 Å². The first kappa shape index (κ1) is 21.7. The number of ether oxygens (including phenoxy) is 1. The van der Waals surface area contributed by atoms with E-state index in [1.165, 1.54) is 4.90 Å². The molecule has 3 rings (SSSR count). The van der Waals surface area contributed by atoms with Crippen molar-refractivity contribution in [1.29, 1.82) is 0 Å². The number of nitrogens with zero attached hydrogens (tertiary/aromatic N) is 1. The van der Waals surface area contributed by atoms with Crippen LogP contribution < -0.4 is 4.74 Å². The van der Waals surface area contributed by atoms with Crippen LogP contribution in [-0.2, 0) is 9.59 Å². The Balaban J connectivity index is 2.15. The highest BCUT2D eigenvalue weighted by Crippen LogP contribution is 2.41. The number of unbranched alkanes of at least 4 members (excludes halogenated alkanes) is 2. The van der Waals surface area contributed by atoms with E-state index in [0.717, 1.165) is 30.4 Å². The van der Waals surface area contributed by atoms with Gasteiger partial charge in [-0.05, 0) is 62.6 Å². The van der Waals surface area contributed by atoms with Crippen molar-refractivity contribution < 1.29 is 23.8 Å². The summed E-state index contributed by atoms with van der Waals surface area (Å²) in [5.41, 5.74) is 2.15. The van der Waals surface area contributed by atoms with Crippen molar-refractivity contribution in [2.75, 3.05) is 13.7 Å². The lowest BCUT2D eigenvalue weighted by Crippen LogP contribution is -2.30. The third kappa shape index (κ3) is 3.86. The van der Waals surface area contributed by atoms with Gasteiger partial charge in [-0.25, -0.2) is 0 Å². The summed E-state index contributed by atoms with van der Waals surface area (Å²) in [5, 5.41) is 11.2. The lowest BCUT2D eigenvalue weighted by atomic mass is 9.95. The number of hydrogen-bond donors (Lipinski definition) is 1. The van der Waals surface area contributed by atoms with Crippen molar-refractivity contribution in [3.63, 3.8) is 0 Å². The molecule has 1 amide bonds. The highest BCUT2D eigenvalue weighted by Gasteiger charge is 2.47. The third-order valence-corrected chi connectivity index (χ3v) is 5.57. The van der Waals surface area contributed by atoms with Crippen LogP contribution in [0.2, 0.25) is 0 Å². The van der Waals surface area contributed by atoms with Gasteiger partial charge in [0.25, 0.3) is 11.7 Å². The van der Waals surface area contributed by atoms with E-state index in [2.05, 4.69) is 6.92 Å². The summed E-state index contributed by atoms with van der Waals surface area (Å²) in [4.78, 5) is 27.4. The molecule has 160 valence electrons. The average molecular weight is 411 g/mol. The second-order valence-electron chi connectivity index (χ2n) is 7.78. The van der Waals surface area contributed by atoms with Gasteiger partial charge < -0.3 is 19.2 Å². The van der Waals surface area contributed by atoms with Gasteiger partial charge in [-0.1, -0.05) is 19.8 Å². The average Bonchev–Trinajstić information content (AvgIpc) is 3.25. The summed E-state index contributed by atoms with van der Waals surface area (Å²) in [6.07, 6.45) is 2.73. The molecule has 0 aliphatic carbocycles. The van der Waals surface area contributed by atoms with Crippen LogP contribution in [0, 0.1) is 20.8 Å². The molecule has 1 aromatic heterocycles. The van der Waals surface area contributed by atoms with Gasteiger partial charge in [0.05, 0.1) is 12.7 Å². The largest absolute Gasteiger partial charge is 0.507 e. The number of ketones is 1. The molecule has 1 fully saturated rings. The number of aryl methyl sites for hydroxylation is 3. The molecule has 0 saturated carbocycles. The van der Waals surface area contributed by atoms with Crippen molar-refractivity contribution in [2.24, 2.45) is 0 Å². The number of methoxy groups -OCH3 is 1. The van der Waals surface area contributed by atoms with Crippen molar-refractivity contribution in [2.45, 2.75) is 53.0 Å². The summed E-state index contributed by atoms with van der Waals surface area (Å²) < 4.78 is 11.1. The molecule has 1 aliphatic heterocycles. The zero-order valence-electron chi connectivity index (χ0n) is 18.2. The maximum absolute atomic E-state index is 13.0. The highest BCUT2D eigenvalue weighted by molar-refractivity contribution is 6.46. The van der Waals surface area contributed by atoms with Gasteiger partial charge in [-0.3, -0.25) is 9.59 Å². The number of likely N-dealkylation sites (tertiary alicyclic amines) is 1. The van der Waals surface area contributed by atoms with Gasteiger partial charge in [0.15, 0.2) is 0 Å². The van der Waals surface area contributed by atoms with Crippen molar-refractivity contribution in [3.05, 3.63) is 58.0 Å². The minimum absolute atomic E-state index is 0.0681. The Labute approximate surface area is 177 Å². The van der Waals surface area contributed by atoms with Crippen LogP contribution in [0.3, 0.4) is 0 Å². The maximum Gasteiger partial charge on any atom is 0.295 e. The molecule has 2 aromatic rings. The first-order valence-corrected chi connectivity index (χ1v) is 10.3. The van der Waals surface area contributed by atoms with Crippen LogP contribution in [0.4, 0.5) is 0 Å². The summed E-state index contributed by atoms with van der Waals surface area (Å²) >= 11 is 0. The molecule has 2 heterocycles. The molecular formula is C24H29NO5. The quantitative estimate of drug-likeness (QED) is 0.306. The fourth-order valence-corrected chi connectivity index (χ4v) is 3.95. The number of aliphatic hydroxyl groups excluding tert-OH is 1. The first-order valence-electron chi connectivity index (χ1n) is 10.3. The summed E-state index contributed by atoms with van der Waals surface area (Å²) in [6, 6.07) is 6.41. The van der Waals surface area contributed by atoms with E-state index in [1.54, 1.807) is 25.3 Å². The first-order chi connectivity index (χ1) is 14.3. The van der Waals surface area contributed by atoms with Gasteiger partial charge in [0.1, 0.15) is 29.1 Å². The molecule has 1 unspecified atom stereocenters. The molecule has 1 atom stereocenters. The van der Waals surface area contributed by atoms with Gasteiger partial charge in [-0.2, -0.15) is 0 Å². The maximum atomic E-state index is 13.0. The Morgan fingerprint density at radius 3 is 2.47 bits per heavy atom. The fourth-order valence-electron chi connectivity index (χ4n) is 3.95. The number of furan rings is 1. The topological polar surface area (TPSA) is 80.0 Å². The van der Waals surface area contributed by atoms with E-state index >= 15 is 0 Å². The second-order valence-corrected chi connectivity index (χ2v) is 7.78. The molecule has 30 heavy (non-hydrogen) atoms. The molecule has 6 heteroatoms. The molecule has 1 aromatic carbocycles. The second kappa shape index (κ2) is 8.78. The number of hydrogen-bond acceptors (Lipinski definition) is 5. The Morgan fingerprint density at radius 1 is 1.13 bits per heavy atom. The lowest BCUT2D eigenvalue weighted by Gasteiger charge is -2.23. The smallest absolute Gasteiger partial charge is 0.295 e. The van der Waals surface area contributed by atoms with Crippen molar-refractivity contribution in [3.8, 4) is 5.75 Å². The predicted octanol–water partition coefficient (Wildman–Crippen LogP) is 4.83. The van der Waals surface area contributed by atoms with E-state index < -0.39 is 17.7 Å². The Hall–Kier alpha value is -3.02. The standard InChI is InChI=1S/C24H29NO5/c1-6-7-8-11-25-21(18-10-9-16(4)30-18)20(23(27)24(25)28)22(26)17-12-15(3)19(29-5)13-14(17)2/h9-10,12-13,21,26H,6-8,11H2,1-5H3/b22-20+. The van der Waals surface area contributed by atoms with Crippen LogP contribution >= 0.6 is 0 Å². The third-order valence-electron chi connectivity index (χ3n) is 5.57. The fraction of sp³-hybridized carbons (Fsp3) is 0.417. The van der Waals surface area contributed by atoms with Crippen LogP contribution in [0.25, 0.3) is 5.76 Å². The number of aliphatic hydroxyl groups is 1. The van der Waals surface area contributed by atoms with Crippen LogP contribution in [0.15, 0.2) is 34.3 Å². The van der Waals surface area contributed by atoms with Gasteiger partial charge in [0.2, 0.25) is 0 Å². The van der Waals surface area contributed by atoms with E-state index in [-0.39, 0.29) is 11.3 Å². The number of amides is 1. The van der Waals surface area contributed by atoms with E-state index in [1.807, 2.05) is 26.8 Å². The minimum atomic E-state index is -0.739. The molecule has 1 aliphatic rings. The van der Waals surface area contributed by atoms with Crippen LogP contribution in [0.5, 0.6) is 5.75 Å². The number of benzene rings is 1. The molecule has 0 spiro atoms. The van der Waals surface area contributed by atoms with Gasteiger partial charge in [0, 0.05) is 12.1 Å². The molecule has 0 radical (unpaired) electrons. The molecule has 1 N–H and O–H groups in total. The zero-order valence-corrected chi connectivity index (χ0v) is 18.2. The lowest BCUT2D eigenvalue weighted by molar-refractivity contribution is -0.140. The highest BCUT2D eigenvalue weighted by atomic mass is 16.5. The summed E-state index contributed by atoms with van der Waals surface area (Å²) in [7, 11) is 1.59. The van der Waals surface area contributed by atoms with Crippen molar-refractivity contribution in [1.82, 2.24) is 4.90 Å². The summed E-state index contributed by atoms with van der Waals surface area (Å²) in [5.74, 6) is 0.384. The SMILES string of the molecule is CCCCCN1C(=O)C(=O)/C(=C(/O)c2cc(C)c(OC)cc2C)C1c1ccc(C)o1. The number of carbonyl (C=O) groups is 2. The normalized spacial score (nSPS) is 18.3. The Kier molecular flexibility index (Phi) is 6.34. The predicted molar refractivity (Wildman–Crippen MR) is 114 cm³/mol. The molecule has 0 bridgehead atoms. The van der Waals surface area contributed by atoms with Gasteiger partial charge >= 0.3 is 0 Å². The van der Waals surface area contributed by atoms with E-state index in [9.17, 15) is 14.7 Å². The van der Waals surface area contributed by atoms with Crippen molar-refractivity contribution >= 4 is 17.4 Å². The Morgan fingerprint density at radius 2 is 1.87 bits per heavy atom. The van der Waals surface area contributed by atoms with Gasteiger partial charge in [-0.15, -0.1) is 0 Å². The minimum Gasteiger partial charge on any atom is -0.507 e. The molecule has 1 saturated heterocycles.